The van der Waals surface area contributed by atoms with E-state index in [1.807, 2.05) is 0 Å². The number of aliphatic hydroxyl groups is 1. The maximum absolute atomic E-state index is 10.3. The molecule has 0 radical (unpaired) electrons. The second-order valence-corrected chi connectivity index (χ2v) is 1.65. The fourth-order valence-corrected chi connectivity index (χ4v) is 0.368. The van der Waals surface area contributed by atoms with E-state index in [1.54, 1.807) is 0 Å². The van der Waals surface area contributed by atoms with Gasteiger partial charge in [-0.3, -0.25) is 4.79 Å². The van der Waals surface area contributed by atoms with Crippen molar-refractivity contribution in [2.75, 3.05) is 0 Å². The predicted molar refractivity (Wildman–Crippen MR) is 31.2 cm³/mol. The van der Waals surface area contributed by atoms with Gasteiger partial charge in [-0.05, 0) is 0 Å². The molecule has 0 fully saturated rings. The summed E-state index contributed by atoms with van der Waals surface area (Å²) in [7, 11) is 0. The molecule has 0 aromatic carbocycles. The molecule has 66 valence electrons. The van der Waals surface area contributed by atoms with Gasteiger partial charge < -0.3 is 14.8 Å². The summed E-state index contributed by atoms with van der Waals surface area (Å²) >= 11 is 0. The van der Waals surface area contributed by atoms with Crippen molar-refractivity contribution in [1.82, 2.24) is 0 Å². The minimum Gasteiger partial charge on any atom is -0.381 e. The molecule has 0 aliphatic carbocycles. The molecule has 0 heterocycles. The van der Waals surface area contributed by atoms with E-state index in [2.05, 4.69) is 21.5 Å². The Balaban J connectivity index is 0. The maximum Gasteiger partial charge on any atom is 0.353 e. The van der Waals surface area contributed by atoms with Crippen LogP contribution in [0.2, 0.25) is 0 Å². The van der Waals surface area contributed by atoms with Gasteiger partial charge in [0.25, 0.3) is 0 Å². The molecular formula is C4H8N2O5Zn. The van der Waals surface area contributed by atoms with E-state index in [9.17, 15) is 9.59 Å². The smallest absolute Gasteiger partial charge is 0.353 e. The molecule has 1 atom stereocenters. The Morgan fingerprint density at radius 2 is 1.83 bits per heavy atom. The van der Waals surface area contributed by atoms with E-state index in [4.69, 9.17) is 5.11 Å². The van der Waals surface area contributed by atoms with Crippen LogP contribution in [0.5, 0.6) is 0 Å². The van der Waals surface area contributed by atoms with Crippen molar-refractivity contribution in [1.29, 1.82) is 0 Å². The van der Waals surface area contributed by atoms with E-state index >= 15 is 0 Å². The van der Waals surface area contributed by atoms with Crippen LogP contribution < -0.4 is 11.8 Å². The summed E-state index contributed by atoms with van der Waals surface area (Å²) in [5.74, 6) is 6.77. The van der Waals surface area contributed by atoms with Gasteiger partial charge in [0.15, 0.2) is 6.10 Å². The zero-order chi connectivity index (χ0) is 8.85. The van der Waals surface area contributed by atoms with Crippen LogP contribution in [-0.4, -0.2) is 23.1 Å². The van der Waals surface area contributed by atoms with Gasteiger partial charge in [0.2, 0.25) is 0 Å². The average Bonchev–Trinajstić information content (AvgIpc) is 2.02. The summed E-state index contributed by atoms with van der Waals surface area (Å²) in [4.78, 5) is 27.9. The third kappa shape index (κ3) is 5.14. The molecule has 0 aliphatic rings. The molecule has 0 rings (SSSR count). The van der Waals surface area contributed by atoms with Crippen LogP contribution in [0.1, 0.15) is 6.42 Å². The summed E-state index contributed by atoms with van der Waals surface area (Å²) in [6, 6.07) is 0. The van der Waals surface area contributed by atoms with E-state index in [0.717, 1.165) is 0 Å². The molecule has 5 N–H and O–H groups in total. The predicted octanol–water partition coefficient (Wildman–Crippen LogP) is -2.43. The Morgan fingerprint density at radius 1 is 1.33 bits per heavy atom. The standard InChI is InChI=1S/C4H8N2O5.Zn/c5-10-3(8)1-2(7)4(9)11-6;/h2,7H,1,5-6H2;. The third-order valence-electron chi connectivity index (χ3n) is 0.880. The second kappa shape index (κ2) is 7.11. The van der Waals surface area contributed by atoms with Crippen LogP contribution in [0.25, 0.3) is 0 Å². The second-order valence-electron chi connectivity index (χ2n) is 1.65. The van der Waals surface area contributed by atoms with Gasteiger partial charge in [0, 0.05) is 19.5 Å². The summed E-state index contributed by atoms with van der Waals surface area (Å²) in [5, 5.41) is 8.71. The van der Waals surface area contributed by atoms with Crippen molar-refractivity contribution in [2.24, 2.45) is 11.8 Å². The number of hydrogen-bond acceptors (Lipinski definition) is 7. The molecule has 8 heteroatoms. The van der Waals surface area contributed by atoms with Crippen molar-refractivity contribution in [3.8, 4) is 0 Å². The number of aliphatic hydroxyl groups excluding tert-OH is 1. The van der Waals surface area contributed by atoms with Crippen LogP contribution >= 0.6 is 0 Å². The van der Waals surface area contributed by atoms with Crippen molar-refractivity contribution < 1.29 is 43.8 Å². The van der Waals surface area contributed by atoms with Crippen LogP contribution in [0.3, 0.4) is 0 Å². The minimum atomic E-state index is -1.63. The van der Waals surface area contributed by atoms with Crippen molar-refractivity contribution >= 4 is 11.9 Å². The molecule has 7 nitrogen and oxygen atoms in total. The van der Waals surface area contributed by atoms with Crippen molar-refractivity contribution in [3.05, 3.63) is 0 Å². The Bertz CT molecular complexity index is 164. The van der Waals surface area contributed by atoms with E-state index < -0.39 is 24.5 Å². The SMILES string of the molecule is NOC(=O)CC(O)C(=O)ON.[Zn]. The monoisotopic (exact) mass is 228 g/mol. The van der Waals surface area contributed by atoms with Crippen molar-refractivity contribution in [3.63, 3.8) is 0 Å². The fraction of sp³-hybridized carbons (Fsp3) is 0.500. The van der Waals surface area contributed by atoms with Gasteiger partial charge in [-0.15, -0.1) is 0 Å². The Labute approximate surface area is 80.6 Å². The van der Waals surface area contributed by atoms with Gasteiger partial charge in [-0.25, -0.2) is 4.79 Å². The number of hydrogen-bond donors (Lipinski definition) is 3. The van der Waals surface area contributed by atoms with Gasteiger partial charge in [-0.1, -0.05) is 0 Å². The molecule has 1 unspecified atom stereocenters. The van der Waals surface area contributed by atoms with Crippen LogP contribution in [0.15, 0.2) is 0 Å². The van der Waals surface area contributed by atoms with Gasteiger partial charge >= 0.3 is 11.9 Å². The Kier molecular flexibility index (Phi) is 8.29. The van der Waals surface area contributed by atoms with Crippen LogP contribution in [0, 0.1) is 0 Å². The third-order valence-corrected chi connectivity index (χ3v) is 0.880. The molecular weight excluding hydrogens is 221 g/mol. The summed E-state index contributed by atoms with van der Waals surface area (Å²) in [6.45, 7) is 0. The fourth-order valence-electron chi connectivity index (χ4n) is 0.368. The molecule has 0 saturated heterocycles. The molecule has 0 saturated carbocycles. The minimum absolute atomic E-state index is 0. The Morgan fingerprint density at radius 3 is 2.17 bits per heavy atom. The Hall–Kier alpha value is -0.557. The zero-order valence-electron chi connectivity index (χ0n) is 6.23. The molecule has 0 aromatic heterocycles. The van der Waals surface area contributed by atoms with E-state index in [0.29, 0.717) is 0 Å². The van der Waals surface area contributed by atoms with E-state index in [-0.39, 0.29) is 19.5 Å². The molecule has 0 spiro atoms. The van der Waals surface area contributed by atoms with Crippen LogP contribution in [-0.2, 0) is 38.7 Å². The number of nitrogens with two attached hydrogens (primary N) is 2. The molecule has 0 amide bonds. The van der Waals surface area contributed by atoms with Gasteiger partial charge in [-0.2, -0.15) is 11.8 Å². The average molecular weight is 230 g/mol. The maximum atomic E-state index is 10.3. The molecule has 0 bridgehead atoms. The first-order valence-electron chi connectivity index (χ1n) is 2.60. The summed E-state index contributed by atoms with van der Waals surface area (Å²) < 4.78 is 0. The first-order chi connectivity index (χ1) is 5.11. The van der Waals surface area contributed by atoms with Crippen molar-refractivity contribution in [2.45, 2.75) is 12.5 Å². The van der Waals surface area contributed by atoms with Gasteiger partial charge in [0.05, 0.1) is 6.42 Å². The quantitative estimate of drug-likeness (QED) is 0.363. The topological polar surface area (TPSA) is 125 Å². The van der Waals surface area contributed by atoms with E-state index in [1.165, 1.54) is 0 Å². The normalized spacial score (nSPS) is 10.9. The molecule has 12 heavy (non-hydrogen) atoms. The molecule has 0 aromatic rings. The number of carbonyl (C=O) groups excluding carboxylic acids is 2. The van der Waals surface area contributed by atoms with Crippen LogP contribution in [0.4, 0.5) is 0 Å². The number of carbonyl (C=O) groups is 2. The first-order valence-corrected chi connectivity index (χ1v) is 2.60. The summed E-state index contributed by atoms with van der Waals surface area (Å²) in [5.41, 5.74) is 0. The zero-order valence-corrected chi connectivity index (χ0v) is 9.19. The first kappa shape index (κ1) is 14.0. The molecule has 0 aliphatic heterocycles. The van der Waals surface area contributed by atoms with Gasteiger partial charge in [0.1, 0.15) is 0 Å². The summed E-state index contributed by atoms with van der Waals surface area (Å²) in [6.07, 6.45) is -2.21. The largest absolute Gasteiger partial charge is 0.381 e. The number of rotatable bonds is 3.